The molecule has 2 aromatic rings. The van der Waals surface area contributed by atoms with E-state index in [9.17, 15) is 4.79 Å². The number of rotatable bonds is 5. The van der Waals surface area contributed by atoms with Crippen molar-refractivity contribution in [3.63, 3.8) is 0 Å². The summed E-state index contributed by atoms with van der Waals surface area (Å²) in [6.07, 6.45) is 3.86. The molecular weight excluding hydrogens is 334 g/mol. The molecule has 1 aliphatic rings. The number of piperidine rings is 1. The van der Waals surface area contributed by atoms with Gasteiger partial charge in [0.15, 0.2) is 0 Å². The summed E-state index contributed by atoms with van der Waals surface area (Å²) in [6.45, 7) is 4.42. The SMILES string of the molecule is Cc1ccc(NC(=O)CNc2ccc(N3CCCCC3)cc2)cc1Cl. The maximum absolute atomic E-state index is 12.1. The molecule has 0 spiro atoms. The van der Waals surface area contributed by atoms with E-state index in [1.807, 2.05) is 31.2 Å². The first-order chi connectivity index (χ1) is 12.1. The third-order valence-electron chi connectivity index (χ3n) is 4.50. The molecule has 132 valence electrons. The molecule has 0 aromatic heterocycles. The van der Waals surface area contributed by atoms with Gasteiger partial charge in [-0.3, -0.25) is 4.79 Å². The zero-order valence-electron chi connectivity index (χ0n) is 14.5. The number of carbonyl (C=O) groups is 1. The van der Waals surface area contributed by atoms with Gasteiger partial charge < -0.3 is 15.5 Å². The van der Waals surface area contributed by atoms with Crippen LogP contribution in [0.25, 0.3) is 0 Å². The first-order valence-electron chi connectivity index (χ1n) is 8.77. The van der Waals surface area contributed by atoms with Crippen LogP contribution in [0.3, 0.4) is 0 Å². The number of halogens is 1. The van der Waals surface area contributed by atoms with Crippen LogP contribution in [-0.2, 0) is 4.79 Å². The van der Waals surface area contributed by atoms with E-state index in [0.717, 1.165) is 24.3 Å². The smallest absolute Gasteiger partial charge is 0.243 e. The van der Waals surface area contributed by atoms with E-state index in [1.54, 1.807) is 6.07 Å². The fourth-order valence-electron chi connectivity index (χ4n) is 3.00. The predicted molar refractivity (Wildman–Crippen MR) is 106 cm³/mol. The molecule has 4 nitrogen and oxygen atoms in total. The Labute approximate surface area is 154 Å². The second kappa shape index (κ2) is 8.26. The van der Waals surface area contributed by atoms with Gasteiger partial charge in [0, 0.05) is 35.2 Å². The van der Waals surface area contributed by atoms with Gasteiger partial charge in [-0.2, -0.15) is 0 Å². The number of hydrogen-bond donors (Lipinski definition) is 2. The fraction of sp³-hybridized carbons (Fsp3) is 0.350. The lowest BCUT2D eigenvalue weighted by Gasteiger charge is -2.28. The number of nitrogens with one attached hydrogen (secondary N) is 2. The Morgan fingerprint density at radius 2 is 1.72 bits per heavy atom. The zero-order chi connectivity index (χ0) is 17.6. The van der Waals surface area contributed by atoms with Crippen LogP contribution in [0, 0.1) is 6.92 Å². The molecule has 25 heavy (non-hydrogen) atoms. The summed E-state index contributed by atoms with van der Waals surface area (Å²) in [6, 6.07) is 13.8. The van der Waals surface area contributed by atoms with Crippen LogP contribution >= 0.6 is 11.6 Å². The number of anilines is 3. The van der Waals surface area contributed by atoms with Gasteiger partial charge >= 0.3 is 0 Å². The Hall–Kier alpha value is -2.20. The van der Waals surface area contributed by atoms with Crippen molar-refractivity contribution in [2.24, 2.45) is 0 Å². The Morgan fingerprint density at radius 3 is 2.40 bits per heavy atom. The summed E-state index contributed by atoms with van der Waals surface area (Å²) < 4.78 is 0. The van der Waals surface area contributed by atoms with E-state index < -0.39 is 0 Å². The highest BCUT2D eigenvalue weighted by Crippen LogP contribution is 2.22. The highest BCUT2D eigenvalue weighted by Gasteiger charge is 2.10. The molecule has 1 heterocycles. The molecule has 1 amide bonds. The maximum atomic E-state index is 12.1. The highest BCUT2D eigenvalue weighted by molar-refractivity contribution is 6.31. The van der Waals surface area contributed by atoms with Crippen LogP contribution in [0.15, 0.2) is 42.5 Å². The fourth-order valence-corrected chi connectivity index (χ4v) is 3.18. The van der Waals surface area contributed by atoms with E-state index in [4.69, 9.17) is 11.6 Å². The lowest BCUT2D eigenvalue weighted by Crippen LogP contribution is -2.29. The van der Waals surface area contributed by atoms with Crippen molar-refractivity contribution in [3.8, 4) is 0 Å². The van der Waals surface area contributed by atoms with Crippen LogP contribution in [-0.4, -0.2) is 25.5 Å². The lowest BCUT2D eigenvalue weighted by molar-refractivity contribution is -0.114. The average Bonchev–Trinajstić information content (AvgIpc) is 2.64. The van der Waals surface area contributed by atoms with Crippen LogP contribution in [0.5, 0.6) is 0 Å². The van der Waals surface area contributed by atoms with Gasteiger partial charge in [-0.1, -0.05) is 17.7 Å². The topological polar surface area (TPSA) is 44.4 Å². The third kappa shape index (κ3) is 4.89. The van der Waals surface area contributed by atoms with Crippen molar-refractivity contribution in [1.29, 1.82) is 0 Å². The molecule has 0 atom stereocenters. The monoisotopic (exact) mass is 357 g/mol. The molecular formula is C20H24ClN3O. The van der Waals surface area contributed by atoms with E-state index in [2.05, 4.69) is 27.7 Å². The molecule has 0 unspecified atom stereocenters. The Morgan fingerprint density at radius 1 is 1.04 bits per heavy atom. The first kappa shape index (κ1) is 17.6. The van der Waals surface area contributed by atoms with E-state index >= 15 is 0 Å². The molecule has 2 aromatic carbocycles. The third-order valence-corrected chi connectivity index (χ3v) is 4.90. The van der Waals surface area contributed by atoms with Crippen molar-refractivity contribution in [1.82, 2.24) is 0 Å². The molecule has 0 aliphatic carbocycles. The van der Waals surface area contributed by atoms with Crippen molar-refractivity contribution in [3.05, 3.63) is 53.1 Å². The van der Waals surface area contributed by atoms with Gasteiger partial charge in [0.25, 0.3) is 0 Å². The Balaban J connectivity index is 1.50. The van der Waals surface area contributed by atoms with Gasteiger partial charge in [-0.25, -0.2) is 0 Å². The van der Waals surface area contributed by atoms with Gasteiger partial charge in [0.1, 0.15) is 0 Å². The van der Waals surface area contributed by atoms with Gasteiger partial charge in [-0.05, 0) is 68.1 Å². The normalized spacial score (nSPS) is 14.2. The van der Waals surface area contributed by atoms with Gasteiger partial charge in [0.2, 0.25) is 5.91 Å². The molecule has 0 radical (unpaired) electrons. The van der Waals surface area contributed by atoms with Crippen LogP contribution in [0.4, 0.5) is 17.1 Å². The van der Waals surface area contributed by atoms with Crippen molar-refractivity contribution in [2.75, 3.05) is 35.2 Å². The van der Waals surface area contributed by atoms with Crippen LogP contribution in [0.2, 0.25) is 5.02 Å². The van der Waals surface area contributed by atoms with E-state index in [-0.39, 0.29) is 12.5 Å². The number of benzene rings is 2. The minimum absolute atomic E-state index is 0.0972. The highest BCUT2D eigenvalue weighted by atomic mass is 35.5. The second-order valence-corrected chi connectivity index (χ2v) is 6.87. The molecule has 2 N–H and O–H groups in total. The predicted octanol–water partition coefficient (Wildman–Crippen LogP) is 4.69. The molecule has 0 bridgehead atoms. The van der Waals surface area contributed by atoms with Gasteiger partial charge in [-0.15, -0.1) is 0 Å². The number of aryl methyl sites for hydroxylation is 1. The minimum Gasteiger partial charge on any atom is -0.376 e. The van der Waals surface area contributed by atoms with E-state index in [0.29, 0.717) is 10.7 Å². The summed E-state index contributed by atoms with van der Waals surface area (Å²) in [5.41, 5.74) is 3.90. The number of hydrogen-bond acceptors (Lipinski definition) is 3. The van der Waals surface area contributed by atoms with Crippen LogP contribution < -0.4 is 15.5 Å². The molecule has 1 fully saturated rings. The minimum atomic E-state index is -0.0972. The number of amides is 1. The van der Waals surface area contributed by atoms with Crippen molar-refractivity contribution in [2.45, 2.75) is 26.2 Å². The summed E-state index contributed by atoms with van der Waals surface area (Å²) in [4.78, 5) is 14.5. The zero-order valence-corrected chi connectivity index (χ0v) is 15.3. The lowest BCUT2D eigenvalue weighted by atomic mass is 10.1. The number of nitrogens with zero attached hydrogens (tertiary/aromatic N) is 1. The molecule has 1 saturated heterocycles. The van der Waals surface area contributed by atoms with Crippen molar-refractivity contribution < 1.29 is 4.79 Å². The summed E-state index contributed by atoms with van der Waals surface area (Å²) in [7, 11) is 0. The molecule has 0 saturated carbocycles. The summed E-state index contributed by atoms with van der Waals surface area (Å²) >= 11 is 6.08. The number of carbonyl (C=O) groups excluding carboxylic acids is 1. The van der Waals surface area contributed by atoms with E-state index in [1.165, 1.54) is 24.9 Å². The molecule has 5 heteroatoms. The maximum Gasteiger partial charge on any atom is 0.243 e. The molecule has 3 rings (SSSR count). The first-order valence-corrected chi connectivity index (χ1v) is 9.14. The standard InChI is InChI=1S/C20H24ClN3O/c1-15-5-6-17(13-19(15)21)23-20(25)14-22-16-7-9-18(10-8-16)24-11-3-2-4-12-24/h5-10,13,22H,2-4,11-12,14H2,1H3,(H,23,25). The van der Waals surface area contributed by atoms with Crippen LogP contribution in [0.1, 0.15) is 24.8 Å². The van der Waals surface area contributed by atoms with Crippen molar-refractivity contribution >= 4 is 34.6 Å². The Kier molecular flexibility index (Phi) is 5.82. The second-order valence-electron chi connectivity index (χ2n) is 6.46. The Bertz CT molecular complexity index is 724. The van der Waals surface area contributed by atoms with Gasteiger partial charge in [0.05, 0.1) is 6.54 Å². The average molecular weight is 358 g/mol. The quantitative estimate of drug-likeness (QED) is 0.815. The largest absolute Gasteiger partial charge is 0.376 e. The summed E-state index contributed by atoms with van der Waals surface area (Å²) in [5.74, 6) is -0.0972. The molecule has 1 aliphatic heterocycles. The summed E-state index contributed by atoms with van der Waals surface area (Å²) in [5, 5.41) is 6.66.